The van der Waals surface area contributed by atoms with Crippen molar-refractivity contribution in [3.05, 3.63) is 48.3 Å². The number of anilines is 1. The van der Waals surface area contributed by atoms with E-state index in [1.54, 1.807) is 12.4 Å². The van der Waals surface area contributed by atoms with Gasteiger partial charge in [-0.25, -0.2) is 4.79 Å². The Morgan fingerprint density at radius 1 is 1.25 bits per heavy atom. The summed E-state index contributed by atoms with van der Waals surface area (Å²) in [6, 6.07) is 9.29. The van der Waals surface area contributed by atoms with Crippen molar-refractivity contribution in [2.24, 2.45) is 5.92 Å². The van der Waals surface area contributed by atoms with Crippen LogP contribution in [0, 0.1) is 5.92 Å². The predicted molar refractivity (Wildman–Crippen MR) is 82.5 cm³/mol. The fraction of sp³-hybridized carbons (Fsp3) is 0.250. The van der Waals surface area contributed by atoms with E-state index in [4.69, 9.17) is 0 Å². The number of fused-ring (bicyclic) bond motifs is 1. The molecule has 2 N–H and O–H groups in total. The number of para-hydroxylation sites is 1. The second-order valence-electron chi connectivity index (χ2n) is 5.02. The molecule has 1 heterocycles. The van der Waals surface area contributed by atoms with Gasteiger partial charge in [-0.1, -0.05) is 37.6 Å². The highest BCUT2D eigenvalue weighted by Gasteiger charge is 2.05. The average molecular weight is 269 g/mol. The molecule has 1 aromatic heterocycles. The Hall–Kier alpha value is -2.36. The first kappa shape index (κ1) is 14.1. The number of hydrogen-bond acceptors (Lipinski definition) is 2. The number of allylic oxidation sites excluding steroid dienone is 1. The van der Waals surface area contributed by atoms with Crippen LogP contribution in [0.5, 0.6) is 0 Å². The van der Waals surface area contributed by atoms with E-state index in [0.717, 1.165) is 16.5 Å². The first-order valence-electron chi connectivity index (χ1n) is 6.66. The van der Waals surface area contributed by atoms with E-state index >= 15 is 0 Å². The number of nitrogens with one attached hydrogen (secondary N) is 2. The quantitative estimate of drug-likeness (QED) is 0.887. The van der Waals surface area contributed by atoms with Gasteiger partial charge in [0.15, 0.2) is 0 Å². The van der Waals surface area contributed by atoms with Crippen molar-refractivity contribution < 1.29 is 4.79 Å². The van der Waals surface area contributed by atoms with Crippen LogP contribution in [0.4, 0.5) is 10.5 Å². The zero-order valence-electron chi connectivity index (χ0n) is 12.0. The monoisotopic (exact) mass is 269 g/mol. The van der Waals surface area contributed by atoms with Crippen molar-refractivity contribution in [1.29, 1.82) is 0 Å². The highest BCUT2D eigenvalue weighted by atomic mass is 16.2. The number of carbonyl (C=O) groups is 1. The van der Waals surface area contributed by atoms with Gasteiger partial charge in [0.25, 0.3) is 0 Å². The predicted octanol–water partition coefficient (Wildman–Crippen LogP) is 3.92. The van der Waals surface area contributed by atoms with Gasteiger partial charge in [0.05, 0.1) is 11.2 Å². The highest BCUT2D eigenvalue weighted by molar-refractivity contribution is 5.99. The van der Waals surface area contributed by atoms with Crippen LogP contribution < -0.4 is 10.6 Å². The molecule has 1 aromatic carbocycles. The fourth-order valence-electron chi connectivity index (χ4n) is 1.71. The summed E-state index contributed by atoms with van der Waals surface area (Å²) in [6.07, 6.45) is 3.45. The van der Waals surface area contributed by atoms with Crippen LogP contribution in [0.25, 0.3) is 10.9 Å². The van der Waals surface area contributed by atoms with Gasteiger partial charge in [0.2, 0.25) is 0 Å². The van der Waals surface area contributed by atoms with Gasteiger partial charge < -0.3 is 10.6 Å². The molecule has 0 bridgehead atoms. The lowest BCUT2D eigenvalue weighted by atomic mass is 10.1. The van der Waals surface area contributed by atoms with E-state index in [9.17, 15) is 4.79 Å². The Bertz CT molecular complexity index is 642. The molecule has 4 heteroatoms. The number of carbonyl (C=O) groups excluding carboxylic acids is 1. The first-order chi connectivity index (χ1) is 9.58. The van der Waals surface area contributed by atoms with E-state index in [1.807, 2.05) is 37.3 Å². The Balaban J connectivity index is 2.13. The summed E-state index contributed by atoms with van der Waals surface area (Å²) in [6.45, 7) is 6.16. The molecule has 0 aliphatic carbocycles. The highest BCUT2D eigenvalue weighted by Crippen LogP contribution is 2.20. The number of urea groups is 1. The topological polar surface area (TPSA) is 54.0 Å². The summed E-state index contributed by atoms with van der Waals surface area (Å²) in [4.78, 5) is 16.2. The maximum Gasteiger partial charge on any atom is 0.323 e. The molecule has 2 aromatic rings. The van der Waals surface area contributed by atoms with Crippen molar-refractivity contribution in [3.8, 4) is 0 Å². The lowest BCUT2D eigenvalue weighted by Crippen LogP contribution is -2.24. The van der Waals surface area contributed by atoms with Gasteiger partial charge in [0.1, 0.15) is 0 Å². The Morgan fingerprint density at radius 3 is 2.75 bits per heavy atom. The molecular weight excluding hydrogens is 250 g/mol. The standard InChI is InChI=1S/C16H19N3O/c1-11(2)12(3)10-18-16(20)19-14-8-4-6-13-7-5-9-17-15(13)14/h4-11H,1-3H3,(H2,18,19,20)/b12-10+. The second kappa shape index (κ2) is 6.19. The Kier molecular flexibility index (Phi) is 4.35. The average Bonchev–Trinajstić information content (AvgIpc) is 2.45. The third kappa shape index (κ3) is 3.35. The summed E-state index contributed by atoms with van der Waals surface area (Å²) < 4.78 is 0. The maximum absolute atomic E-state index is 11.9. The Labute approximate surface area is 118 Å². The summed E-state index contributed by atoms with van der Waals surface area (Å²) in [5.41, 5.74) is 2.61. The molecule has 0 unspecified atom stereocenters. The minimum Gasteiger partial charge on any atom is -0.314 e. The third-order valence-electron chi connectivity index (χ3n) is 3.22. The zero-order chi connectivity index (χ0) is 14.5. The van der Waals surface area contributed by atoms with E-state index in [1.165, 1.54) is 0 Å². The minimum atomic E-state index is -0.261. The number of nitrogens with zero attached hydrogens (tertiary/aromatic N) is 1. The molecule has 0 spiro atoms. The van der Waals surface area contributed by atoms with Crippen molar-refractivity contribution >= 4 is 22.6 Å². The van der Waals surface area contributed by atoms with Gasteiger partial charge in [-0.05, 0) is 25.0 Å². The van der Waals surface area contributed by atoms with E-state index in [0.29, 0.717) is 11.6 Å². The molecule has 104 valence electrons. The number of aromatic nitrogens is 1. The zero-order valence-corrected chi connectivity index (χ0v) is 12.0. The van der Waals surface area contributed by atoms with Crippen LogP contribution in [0.1, 0.15) is 20.8 Å². The number of amides is 2. The fourth-order valence-corrected chi connectivity index (χ4v) is 1.71. The lowest BCUT2D eigenvalue weighted by molar-refractivity contribution is 0.255. The molecule has 2 amide bonds. The van der Waals surface area contributed by atoms with E-state index in [-0.39, 0.29) is 6.03 Å². The van der Waals surface area contributed by atoms with Crippen LogP contribution in [-0.4, -0.2) is 11.0 Å². The van der Waals surface area contributed by atoms with Gasteiger partial charge in [-0.15, -0.1) is 0 Å². The van der Waals surface area contributed by atoms with Crippen LogP contribution in [-0.2, 0) is 0 Å². The second-order valence-corrected chi connectivity index (χ2v) is 5.02. The smallest absolute Gasteiger partial charge is 0.314 e. The van der Waals surface area contributed by atoms with Gasteiger partial charge in [-0.3, -0.25) is 4.98 Å². The van der Waals surface area contributed by atoms with Gasteiger partial charge in [-0.2, -0.15) is 0 Å². The molecule has 4 nitrogen and oxygen atoms in total. The molecule has 0 radical (unpaired) electrons. The van der Waals surface area contributed by atoms with Crippen LogP contribution >= 0.6 is 0 Å². The van der Waals surface area contributed by atoms with Gasteiger partial charge >= 0.3 is 6.03 Å². The molecule has 0 aliphatic rings. The number of pyridine rings is 1. The van der Waals surface area contributed by atoms with Crippen LogP contribution in [0.3, 0.4) is 0 Å². The van der Waals surface area contributed by atoms with Crippen molar-refractivity contribution in [1.82, 2.24) is 10.3 Å². The molecule has 0 fully saturated rings. The molecule has 0 saturated carbocycles. The van der Waals surface area contributed by atoms with Crippen LogP contribution in [0.15, 0.2) is 48.3 Å². The van der Waals surface area contributed by atoms with Gasteiger partial charge in [0, 0.05) is 17.8 Å². The SMILES string of the molecule is C/C(=C\NC(=O)Nc1cccc2cccnc12)C(C)C. The largest absolute Gasteiger partial charge is 0.323 e. The van der Waals surface area contributed by atoms with Crippen LogP contribution in [0.2, 0.25) is 0 Å². The molecule has 2 rings (SSSR count). The molecular formula is C16H19N3O. The summed E-state index contributed by atoms with van der Waals surface area (Å²) in [5, 5.41) is 6.56. The molecule has 0 aliphatic heterocycles. The number of rotatable bonds is 3. The van der Waals surface area contributed by atoms with E-state index < -0.39 is 0 Å². The van der Waals surface area contributed by atoms with Crippen molar-refractivity contribution in [2.75, 3.05) is 5.32 Å². The van der Waals surface area contributed by atoms with Crippen molar-refractivity contribution in [2.45, 2.75) is 20.8 Å². The number of hydrogen-bond donors (Lipinski definition) is 2. The normalized spacial score (nSPS) is 11.7. The molecule has 20 heavy (non-hydrogen) atoms. The lowest BCUT2D eigenvalue weighted by Gasteiger charge is -2.09. The third-order valence-corrected chi connectivity index (χ3v) is 3.22. The summed E-state index contributed by atoms with van der Waals surface area (Å²) >= 11 is 0. The first-order valence-corrected chi connectivity index (χ1v) is 6.66. The number of benzene rings is 1. The summed E-state index contributed by atoms with van der Waals surface area (Å²) in [5.74, 6) is 0.412. The molecule has 0 saturated heterocycles. The Morgan fingerprint density at radius 2 is 2.00 bits per heavy atom. The van der Waals surface area contributed by atoms with Crippen molar-refractivity contribution in [3.63, 3.8) is 0 Å². The molecule has 0 atom stereocenters. The minimum absolute atomic E-state index is 0.261. The summed E-state index contributed by atoms with van der Waals surface area (Å²) in [7, 11) is 0. The maximum atomic E-state index is 11.9. The van der Waals surface area contributed by atoms with E-state index in [2.05, 4.69) is 29.5 Å².